The monoisotopic (exact) mass is 465 g/mol. The van der Waals surface area contributed by atoms with Gasteiger partial charge < -0.3 is 4.74 Å². The molecule has 2 aromatic rings. The first-order chi connectivity index (χ1) is 14.7. The maximum absolute atomic E-state index is 13.0. The van der Waals surface area contributed by atoms with Crippen LogP contribution in [0.3, 0.4) is 0 Å². The van der Waals surface area contributed by atoms with Gasteiger partial charge in [0.25, 0.3) is 11.8 Å². The molecule has 0 radical (unpaired) electrons. The van der Waals surface area contributed by atoms with Crippen molar-refractivity contribution in [1.82, 2.24) is 4.90 Å². The fraction of sp³-hybridized carbons (Fsp3) is 0.273. The Labute approximate surface area is 187 Å². The Kier molecular flexibility index (Phi) is 7.08. The number of fused-ring (bicyclic) bond motifs is 1. The van der Waals surface area contributed by atoms with Gasteiger partial charge in [-0.1, -0.05) is 43.0 Å². The van der Waals surface area contributed by atoms with Gasteiger partial charge >= 0.3 is 5.97 Å². The van der Waals surface area contributed by atoms with E-state index in [9.17, 15) is 23.6 Å². The molecule has 2 amide bonds. The highest BCUT2D eigenvalue weighted by Gasteiger charge is 2.43. The molecule has 6 nitrogen and oxygen atoms in total. The number of rotatable bonds is 8. The number of esters is 1. The SMILES string of the molecule is CCCCC(C(=O)OCC(=O)c1ccc(F)cc1)N1C(=O)c2cc(Cl)c(Cl)cc2C1=O. The number of imide groups is 1. The molecule has 1 heterocycles. The number of amides is 2. The summed E-state index contributed by atoms with van der Waals surface area (Å²) < 4.78 is 18.1. The minimum atomic E-state index is -1.20. The number of ketones is 1. The van der Waals surface area contributed by atoms with Crippen molar-refractivity contribution in [2.24, 2.45) is 0 Å². The summed E-state index contributed by atoms with van der Waals surface area (Å²) in [6.45, 7) is 1.29. The lowest BCUT2D eigenvalue weighted by molar-refractivity contribution is -0.147. The van der Waals surface area contributed by atoms with Gasteiger partial charge in [0.15, 0.2) is 12.4 Å². The zero-order valence-corrected chi connectivity index (χ0v) is 18.0. The molecule has 1 atom stereocenters. The van der Waals surface area contributed by atoms with Gasteiger partial charge in [0.05, 0.1) is 21.2 Å². The van der Waals surface area contributed by atoms with Crippen LogP contribution in [-0.4, -0.2) is 41.1 Å². The van der Waals surface area contributed by atoms with Crippen LogP contribution >= 0.6 is 23.2 Å². The van der Waals surface area contributed by atoms with Crippen molar-refractivity contribution in [2.75, 3.05) is 6.61 Å². The van der Waals surface area contributed by atoms with Gasteiger partial charge in [0.2, 0.25) is 0 Å². The molecule has 3 rings (SSSR count). The second kappa shape index (κ2) is 9.58. The molecule has 1 unspecified atom stereocenters. The standard InChI is InChI=1S/C22H18Cl2FNO5/c1-2-3-4-18(22(30)31-11-19(27)12-5-7-13(25)8-6-12)26-20(28)14-9-16(23)17(24)10-15(14)21(26)29/h5-10,18H,2-4,11H2,1H3. The average Bonchev–Trinajstić information content (AvgIpc) is 2.97. The summed E-state index contributed by atoms with van der Waals surface area (Å²) >= 11 is 11.9. The molecule has 0 aromatic heterocycles. The van der Waals surface area contributed by atoms with Crippen molar-refractivity contribution < 1.29 is 28.3 Å². The van der Waals surface area contributed by atoms with E-state index in [1.807, 2.05) is 6.92 Å². The lowest BCUT2D eigenvalue weighted by Gasteiger charge is -2.24. The van der Waals surface area contributed by atoms with Crippen LogP contribution in [0.4, 0.5) is 4.39 Å². The Morgan fingerprint density at radius 3 is 2.10 bits per heavy atom. The highest BCUT2D eigenvalue weighted by Crippen LogP contribution is 2.33. The molecule has 0 saturated carbocycles. The van der Waals surface area contributed by atoms with Crippen LogP contribution in [-0.2, 0) is 9.53 Å². The zero-order chi connectivity index (χ0) is 22.7. The fourth-order valence-corrected chi connectivity index (χ4v) is 3.56. The molecule has 1 aliphatic rings. The quantitative estimate of drug-likeness (QED) is 0.320. The summed E-state index contributed by atoms with van der Waals surface area (Å²) in [7, 11) is 0. The largest absolute Gasteiger partial charge is 0.456 e. The highest BCUT2D eigenvalue weighted by atomic mass is 35.5. The van der Waals surface area contributed by atoms with Crippen molar-refractivity contribution in [2.45, 2.75) is 32.2 Å². The van der Waals surface area contributed by atoms with Crippen LogP contribution in [0.15, 0.2) is 36.4 Å². The van der Waals surface area contributed by atoms with Crippen molar-refractivity contribution in [3.8, 4) is 0 Å². The third kappa shape index (κ3) is 4.78. The Morgan fingerprint density at radius 1 is 1.03 bits per heavy atom. The predicted molar refractivity (Wildman–Crippen MR) is 112 cm³/mol. The summed E-state index contributed by atoms with van der Waals surface area (Å²) in [5.41, 5.74) is 0.275. The second-order valence-electron chi connectivity index (χ2n) is 6.99. The minimum absolute atomic E-state index is 0.0519. The summed E-state index contributed by atoms with van der Waals surface area (Å²) in [5.74, 6) is -3.28. The molecule has 31 heavy (non-hydrogen) atoms. The topological polar surface area (TPSA) is 80.8 Å². The highest BCUT2D eigenvalue weighted by molar-refractivity contribution is 6.43. The number of hydrogen-bond donors (Lipinski definition) is 0. The smallest absolute Gasteiger partial charge is 0.329 e. The van der Waals surface area contributed by atoms with E-state index in [-0.39, 0.29) is 33.2 Å². The molecule has 9 heteroatoms. The van der Waals surface area contributed by atoms with E-state index >= 15 is 0 Å². The minimum Gasteiger partial charge on any atom is -0.456 e. The van der Waals surface area contributed by atoms with Gasteiger partial charge in [-0.3, -0.25) is 19.3 Å². The normalized spacial score (nSPS) is 13.9. The number of nitrogens with zero attached hydrogens (tertiary/aromatic N) is 1. The number of benzene rings is 2. The fourth-order valence-electron chi connectivity index (χ4n) is 3.24. The van der Waals surface area contributed by atoms with E-state index in [1.165, 1.54) is 24.3 Å². The van der Waals surface area contributed by atoms with Crippen LogP contribution in [0, 0.1) is 5.82 Å². The molecule has 2 aromatic carbocycles. The molecule has 0 saturated heterocycles. The van der Waals surface area contributed by atoms with E-state index < -0.39 is 42.0 Å². The third-order valence-corrected chi connectivity index (χ3v) is 5.61. The maximum atomic E-state index is 13.0. The van der Waals surface area contributed by atoms with Crippen LogP contribution in [0.2, 0.25) is 10.0 Å². The van der Waals surface area contributed by atoms with E-state index in [0.717, 1.165) is 17.0 Å². The number of carbonyl (C=O) groups is 4. The maximum Gasteiger partial charge on any atom is 0.329 e. The van der Waals surface area contributed by atoms with Crippen LogP contribution in [0.1, 0.15) is 57.3 Å². The van der Waals surface area contributed by atoms with Gasteiger partial charge in [-0.15, -0.1) is 0 Å². The summed E-state index contributed by atoms with van der Waals surface area (Å²) in [6.07, 6.45) is 1.42. The predicted octanol–water partition coefficient (Wildman–Crippen LogP) is 4.71. The number of carbonyl (C=O) groups excluding carboxylic acids is 4. The molecule has 0 fully saturated rings. The van der Waals surface area contributed by atoms with Crippen LogP contribution in [0.25, 0.3) is 0 Å². The number of hydrogen-bond acceptors (Lipinski definition) is 5. The lowest BCUT2D eigenvalue weighted by atomic mass is 10.1. The summed E-state index contributed by atoms with van der Waals surface area (Å²) in [6, 6.07) is 6.17. The Hall–Kier alpha value is -2.77. The van der Waals surface area contributed by atoms with Crippen LogP contribution in [0.5, 0.6) is 0 Å². The number of Topliss-reactive ketones (excluding diaryl/α,β-unsaturated/α-hetero) is 1. The van der Waals surface area contributed by atoms with Crippen molar-refractivity contribution >= 4 is 46.8 Å². The Balaban J connectivity index is 1.79. The van der Waals surface area contributed by atoms with Gasteiger partial charge in [-0.05, 0) is 42.8 Å². The summed E-state index contributed by atoms with van der Waals surface area (Å²) in [4.78, 5) is 51.6. The van der Waals surface area contributed by atoms with E-state index in [1.54, 1.807) is 0 Å². The average molecular weight is 466 g/mol. The number of ether oxygens (including phenoxy) is 1. The molecular formula is C22H18Cl2FNO5. The lowest BCUT2D eigenvalue weighted by Crippen LogP contribution is -2.46. The van der Waals surface area contributed by atoms with E-state index in [2.05, 4.69) is 0 Å². The van der Waals surface area contributed by atoms with Crippen molar-refractivity contribution in [3.05, 3.63) is 69.0 Å². The zero-order valence-electron chi connectivity index (χ0n) is 16.5. The van der Waals surface area contributed by atoms with Crippen molar-refractivity contribution in [3.63, 3.8) is 0 Å². The summed E-state index contributed by atoms with van der Waals surface area (Å²) in [5, 5.41) is 0.224. The third-order valence-electron chi connectivity index (χ3n) is 4.89. The first kappa shape index (κ1) is 22.9. The van der Waals surface area contributed by atoms with Gasteiger partial charge in [0, 0.05) is 5.56 Å². The van der Waals surface area contributed by atoms with E-state index in [4.69, 9.17) is 27.9 Å². The molecular weight excluding hydrogens is 448 g/mol. The Bertz CT molecular complexity index is 1010. The number of halogens is 3. The molecule has 0 spiro atoms. The first-order valence-electron chi connectivity index (χ1n) is 9.57. The van der Waals surface area contributed by atoms with Gasteiger partial charge in [-0.25, -0.2) is 9.18 Å². The molecule has 0 aliphatic carbocycles. The number of unbranched alkanes of at least 4 members (excludes halogenated alkanes) is 1. The Morgan fingerprint density at radius 2 is 1.58 bits per heavy atom. The molecule has 0 bridgehead atoms. The molecule has 1 aliphatic heterocycles. The van der Waals surface area contributed by atoms with Crippen molar-refractivity contribution in [1.29, 1.82) is 0 Å². The molecule has 0 N–H and O–H groups in total. The van der Waals surface area contributed by atoms with E-state index in [0.29, 0.717) is 12.8 Å². The van der Waals surface area contributed by atoms with Gasteiger partial charge in [-0.2, -0.15) is 0 Å². The molecule has 162 valence electrons. The van der Waals surface area contributed by atoms with Crippen LogP contribution < -0.4 is 0 Å². The first-order valence-corrected chi connectivity index (χ1v) is 10.3. The second-order valence-corrected chi connectivity index (χ2v) is 7.80. The van der Waals surface area contributed by atoms with Gasteiger partial charge in [0.1, 0.15) is 11.9 Å².